The van der Waals surface area contributed by atoms with E-state index in [-0.39, 0.29) is 0 Å². The van der Waals surface area contributed by atoms with Crippen LogP contribution in [0.2, 0.25) is 0 Å². The van der Waals surface area contributed by atoms with Crippen molar-refractivity contribution >= 4 is 29.2 Å². The number of nitrogen functional groups attached to an aromatic ring is 1. The molecule has 0 aromatic carbocycles. The third-order valence-corrected chi connectivity index (χ3v) is 1.60. The van der Waals surface area contributed by atoms with Gasteiger partial charge in [-0.05, 0) is 12.2 Å². The molecular formula is C5H6N5S+. The van der Waals surface area contributed by atoms with Crippen LogP contribution in [-0.2, 0) is 0 Å². The molecule has 2 rings (SSSR count). The van der Waals surface area contributed by atoms with Crippen LogP contribution >= 0.6 is 12.2 Å². The Balaban J connectivity index is 3.01. The highest BCUT2D eigenvalue weighted by Crippen LogP contribution is 2.07. The minimum absolute atomic E-state index is 0.436. The van der Waals surface area contributed by atoms with Gasteiger partial charge in [0.05, 0.1) is 0 Å². The van der Waals surface area contributed by atoms with Crippen molar-refractivity contribution in [3.8, 4) is 0 Å². The van der Waals surface area contributed by atoms with E-state index in [9.17, 15) is 0 Å². The number of imidazole rings is 1. The minimum Gasteiger partial charge on any atom is -0.368 e. The van der Waals surface area contributed by atoms with Gasteiger partial charge in [-0.2, -0.15) is 0 Å². The molecular weight excluding hydrogens is 162 g/mol. The van der Waals surface area contributed by atoms with Crippen LogP contribution in [0.4, 0.5) is 5.82 Å². The number of nitrogens with one attached hydrogen (secondary N) is 3. The highest BCUT2D eigenvalue weighted by atomic mass is 32.1. The van der Waals surface area contributed by atoms with Crippen LogP contribution in [0.3, 0.4) is 0 Å². The van der Waals surface area contributed by atoms with Crippen molar-refractivity contribution in [2.75, 3.05) is 5.73 Å². The van der Waals surface area contributed by atoms with E-state index < -0.39 is 0 Å². The first-order valence-corrected chi connectivity index (χ1v) is 3.42. The van der Waals surface area contributed by atoms with Crippen LogP contribution in [0, 0.1) is 4.77 Å². The maximum Gasteiger partial charge on any atom is 0.255 e. The topological polar surface area (TPSA) is 84.6 Å². The predicted molar refractivity (Wildman–Crippen MR) is 42.2 cm³/mol. The summed E-state index contributed by atoms with van der Waals surface area (Å²) in [4.78, 5) is 12.5. The number of aromatic nitrogens is 4. The lowest BCUT2D eigenvalue weighted by Gasteiger charge is -1.83. The minimum atomic E-state index is 0.436. The molecule has 11 heavy (non-hydrogen) atoms. The SMILES string of the molecule is Nc1nc[nH+]c2[nH]c(=S)[nH]c12. The molecule has 5 nitrogen and oxygen atoms in total. The average Bonchev–Trinajstić information content (AvgIpc) is 2.31. The van der Waals surface area contributed by atoms with Gasteiger partial charge in [0.2, 0.25) is 16.9 Å². The quantitative estimate of drug-likeness (QED) is 0.485. The molecule has 0 bridgehead atoms. The summed E-state index contributed by atoms with van der Waals surface area (Å²) in [6, 6.07) is 0. The van der Waals surface area contributed by atoms with Crippen molar-refractivity contribution in [2.45, 2.75) is 0 Å². The third kappa shape index (κ3) is 0.874. The first-order valence-electron chi connectivity index (χ1n) is 3.01. The fraction of sp³-hybridized carbons (Fsp3) is 0. The monoisotopic (exact) mass is 168 g/mol. The number of fused-ring (bicyclic) bond motifs is 1. The summed E-state index contributed by atoms with van der Waals surface area (Å²) in [6.45, 7) is 0. The van der Waals surface area contributed by atoms with E-state index >= 15 is 0 Å². The van der Waals surface area contributed by atoms with Crippen LogP contribution in [0.15, 0.2) is 6.33 Å². The summed E-state index contributed by atoms with van der Waals surface area (Å²) < 4.78 is 0.538. The lowest BCUT2D eigenvalue weighted by molar-refractivity contribution is -0.352. The van der Waals surface area contributed by atoms with Crippen molar-refractivity contribution in [3.05, 3.63) is 11.1 Å². The number of nitrogens with two attached hydrogens (primary N) is 1. The van der Waals surface area contributed by atoms with E-state index in [2.05, 4.69) is 19.9 Å². The van der Waals surface area contributed by atoms with Gasteiger partial charge < -0.3 is 10.7 Å². The van der Waals surface area contributed by atoms with Gasteiger partial charge in [0.15, 0.2) is 5.52 Å². The molecule has 0 spiro atoms. The molecule has 0 radical (unpaired) electrons. The van der Waals surface area contributed by atoms with Crippen LogP contribution in [-0.4, -0.2) is 15.0 Å². The zero-order valence-electron chi connectivity index (χ0n) is 5.51. The molecule has 0 fully saturated rings. The van der Waals surface area contributed by atoms with Gasteiger partial charge in [-0.1, -0.05) is 4.98 Å². The Labute approximate surface area is 66.7 Å². The molecule has 0 aliphatic heterocycles. The smallest absolute Gasteiger partial charge is 0.255 e. The van der Waals surface area contributed by atoms with Gasteiger partial charge in [-0.3, -0.25) is 0 Å². The Bertz CT molecular complexity index is 441. The summed E-state index contributed by atoms with van der Waals surface area (Å²) in [5.41, 5.74) is 7.03. The molecule has 0 saturated heterocycles. The Hall–Kier alpha value is -1.43. The standard InChI is InChI=1S/C5H5N5S/c6-3-2-4(8-1-7-3)10-5(11)9-2/h1H,(H4,6,7,8,9,10,11)/p+1. The molecule has 6 heteroatoms. The molecule has 0 unspecified atom stereocenters. The second-order valence-electron chi connectivity index (χ2n) is 2.12. The Morgan fingerprint density at radius 1 is 1.55 bits per heavy atom. The van der Waals surface area contributed by atoms with Crippen molar-refractivity contribution in [2.24, 2.45) is 0 Å². The molecule has 0 aliphatic rings. The number of aromatic amines is 3. The first-order chi connectivity index (χ1) is 5.27. The van der Waals surface area contributed by atoms with Crippen molar-refractivity contribution in [3.63, 3.8) is 0 Å². The molecule has 0 aliphatic carbocycles. The Morgan fingerprint density at radius 3 is 3.09 bits per heavy atom. The van der Waals surface area contributed by atoms with E-state index in [0.717, 1.165) is 11.2 Å². The zero-order chi connectivity index (χ0) is 7.84. The van der Waals surface area contributed by atoms with Crippen LogP contribution in [0.25, 0.3) is 11.2 Å². The zero-order valence-corrected chi connectivity index (χ0v) is 6.33. The average molecular weight is 168 g/mol. The maximum atomic E-state index is 5.54. The molecule has 0 saturated carbocycles. The first kappa shape index (κ1) is 6.29. The van der Waals surface area contributed by atoms with Gasteiger partial charge in [-0.25, -0.2) is 9.97 Å². The number of hydrogen-bond donors (Lipinski definition) is 3. The van der Waals surface area contributed by atoms with E-state index in [4.69, 9.17) is 18.0 Å². The van der Waals surface area contributed by atoms with Gasteiger partial charge in [-0.15, -0.1) is 0 Å². The molecule has 0 atom stereocenters. The van der Waals surface area contributed by atoms with Crippen molar-refractivity contribution in [1.29, 1.82) is 0 Å². The van der Waals surface area contributed by atoms with Crippen LogP contribution in [0.1, 0.15) is 0 Å². The number of rotatable bonds is 0. The summed E-state index contributed by atoms with van der Waals surface area (Å²) in [7, 11) is 0. The highest BCUT2D eigenvalue weighted by molar-refractivity contribution is 7.71. The lowest BCUT2D eigenvalue weighted by atomic mass is 10.5. The third-order valence-electron chi connectivity index (χ3n) is 1.40. The van der Waals surface area contributed by atoms with Gasteiger partial charge in [0.25, 0.3) is 5.65 Å². The van der Waals surface area contributed by atoms with Gasteiger partial charge >= 0.3 is 0 Å². The lowest BCUT2D eigenvalue weighted by Crippen LogP contribution is -2.06. The molecule has 5 N–H and O–H groups in total. The predicted octanol–water partition coefficient (Wildman–Crippen LogP) is 0.0168. The summed E-state index contributed by atoms with van der Waals surface area (Å²) in [6.07, 6.45) is 1.51. The molecule has 2 aromatic rings. The number of hydrogen-bond acceptors (Lipinski definition) is 3. The highest BCUT2D eigenvalue weighted by Gasteiger charge is 2.06. The maximum absolute atomic E-state index is 5.54. The van der Waals surface area contributed by atoms with Gasteiger partial charge in [0, 0.05) is 0 Å². The van der Waals surface area contributed by atoms with Crippen molar-refractivity contribution in [1.82, 2.24) is 15.0 Å². The van der Waals surface area contributed by atoms with E-state index in [0.29, 0.717) is 10.6 Å². The summed E-state index contributed by atoms with van der Waals surface area (Å²) in [5.74, 6) is 0.436. The molecule has 2 aromatic heterocycles. The Morgan fingerprint density at radius 2 is 2.36 bits per heavy atom. The number of anilines is 1. The fourth-order valence-corrected chi connectivity index (χ4v) is 1.12. The second kappa shape index (κ2) is 2.03. The fourth-order valence-electron chi connectivity index (χ4n) is 0.915. The largest absolute Gasteiger partial charge is 0.368 e. The summed E-state index contributed by atoms with van der Waals surface area (Å²) >= 11 is 4.86. The number of nitrogens with zero attached hydrogens (tertiary/aromatic N) is 1. The van der Waals surface area contributed by atoms with Crippen molar-refractivity contribution < 1.29 is 4.98 Å². The second-order valence-corrected chi connectivity index (χ2v) is 2.53. The molecule has 56 valence electrons. The van der Waals surface area contributed by atoms with E-state index in [1.807, 2.05) is 0 Å². The number of H-pyrrole nitrogens is 3. The molecule has 2 heterocycles. The van der Waals surface area contributed by atoms with Crippen LogP contribution in [0.5, 0.6) is 0 Å². The Kier molecular flexibility index (Phi) is 1.16. The van der Waals surface area contributed by atoms with Gasteiger partial charge in [0.1, 0.15) is 0 Å². The molecule has 0 amide bonds. The normalized spacial score (nSPS) is 10.5. The van der Waals surface area contributed by atoms with E-state index in [1.165, 1.54) is 6.33 Å². The van der Waals surface area contributed by atoms with E-state index in [1.54, 1.807) is 0 Å². The summed E-state index contributed by atoms with van der Waals surface area (Å²) in [5, 5.41) is 0. The van der Waals surface area contributed by atoms with Crippen LogP contribution < -0.4 is 10.7 Å².